The van der Waals surface area contributed by atoms with Crippen molar-refractivity contribution in [2.75, 3.05) is 19.6 Å². The van der Waals surface area contributed by atoms with Crippen LogP contribution in [0.25, 0.3) is 0 Å². The molecule has 0 radical (unpaired) electrons. The molecule has 0 bridgehead atoms. The molecule has 5 nitrogen and oxygen atoms in total. The molecule has 0 atom stereocenters. The zero-order chi connectivity index (χ0) is 18.1. The highest BCUT2D eigenvalue weighted by Crippen LogP contribution is 2.24. The van der Waals surface area contributed by atoms with Gasteiger partial charge in [0.1, 0.15) is 0 Å². The molecule has 2 aliphatic heterocycles. The third-order valence-electron chi connectivity index (χ3n) is 5.73. The molecule has 1 aromatic heterocycles. The standard InChI is InChI=1S/C21H28N4O/c1-16-5-7-17(8-6-16)13-21(26)25-12-9-18-19(14-24-10-3-4-11-24)22-23(2)20(18)15-25/h5-8H,3-4,9-15H2,1-2H3. The van der Waals surface area contributed by atoms with Crippen LogP contribution >= 0.6 is 0 Å². The first-order chi connectivity index (χ1) is 12.6. The van der Waals surface area contributed by atoms with Gasteiger partial charge in [-0.1, -0.05) is 29.8 Å². The molecule has 0 aliphatic carbocycles. The number of likely N-dealkylation sites (tertiary alicyclic amines) is 1. The summed E-state index contributed by atoms with van der Waals surface area (Å²) in [7, 11) is 2.01. The lowest BCUT2D eigenvalue weighted by molar-refractivity contribution is -0.131. The average molecular weight is 352 g/mol. The van der Waals surface area contributed by atoms with E-state index in [1.165, 1.54) is 48.4 Å². The molecule has 4 rings (SSSR count). The highest BCUT2D eigenvalue weighted by molar-refractivity contribution is 5.79. The average Bonchev–Trinajstić information content (AvgIpc) is 3.25. The highest BCUT2D eigenvalue weighted by Gasteiger charge is 2.27. The molecule has 2 aliphatic rings. The summed E-state index contributed by atoms with van der Waals surface area (Å²) in [6.07, 6.45) is 4.01. The lowest BCUT2D eigenvalue weighted by atomic mass is 10.0. The van der Waals surface area contributed by atoms with Gasteiger partial charge in [-0.15, -0.1) is 0 Å². The van der Waals surface area contributed by atoms with Crippen LogP contribution in [0, 0.1) is 6.92 Å². The molecular weight excluding hydrogens is 324 g/mol. The molecule has 138 valence electrons. The van der Waals surface area contributed by atoms with Crippen LogP contribution in [0.1, 0.15) is 40.9 Å². The van der Waals surface area contributed by atoms with Crippen LogP contribution < -0.4 is 0 Å². The first-order valence-corrected chi connectivity index (χ1v) is 9.69. The summed E-state index contributed by atoms with van der Waals surface area (Å²) in [5, 5.41) is 4.78. The fourth-order valence-electron chi connectivity index (χ4n) is 4.14. The maximum absolute atomic E-state index is 12.7. The van der Waals surface area contributed by atoms with Crippen molar-refractivity contribution >= 4 is 5.91 Å². The van der Waals surface area contributed by atoms with E-state index < -0.39 is 0 Å². The van der Waals surface area contributed by atoms with E-state index in [1.54, 1.807) is 0 Å². The molecular formula is C21H28N4O. The topological polar surface area (TPSA) is 41.4 Å². The van der Waals surface area contributed by atoms with E-state index in [0.29, 0.717) is 13.0 Å². The second kappa shape index (κ2) is 7.23. The Bertz CT molecular complexity index is 787. The minimum atomic E-state index is 0.210. The predicted octanol–water partition coefficient (Wildman–Crippen LogP) is 2.45. The summed E-state index contributed by atoms with van der Waals surface area (Å²) in [6, 6.07) is 8.26. The van der Waals surface area contributed by atoms with E-state index in [4.69, 9.17) is 5.10 Å². The largest absolute Gasteiger partial charge is 0.336 e. The Balaban J connectivity index is 1.44. The van der Waals surface area contributed by atoms with Crippen molar-refractivity contribution < 1.29 is 4.79 Å². The Morgan fingerprint density at radius 2 is 1.85 bits per heavy atom. The van der Waals surface area contributed by atoms with Gasteiger partial charge in [0.15, 0.2) is 0 Å². The molecule has 1 saturated heterocycles. The third kappa shape index (κ3) is 3.54. The smallest absolute Gasteiger partial charge is 0.227 e. The van der Waals surface area contributed by atoms with Crippen molar-refractivity contribution in [1.29, 1.82) is 0 Å². The van der Waals surface area contributed by atoms with Crippen LogP contribution in [0.4, 0.5) is 0 Å². The van der Waals surface area contributed by atoms with Gasteiger partial charge in [0.25, 0.3) is 0 Å². The van der Waals surface area contributed by atoms with Gasteiger partial charge in [0, 0.05) is 25.7 Å². The second-order valence-electron chi connectivity index (χ2n) is 7.71. The monoisotopic (exact) mass is 352 g/mol. The number of hydrogen-bond donors (Lipinski definition) is 0. The molecule has 3 heterocycles. The van der Waals surface area contributed by atoms with Gasteiger partial charge in [-0.25, -0.2) is 0 Å². The van der Waals surface area contributed by atoms with Crippen molar-refractivity contribution in [3.63, 3.8) is 0 Å². The number of rotatable bonds is 4. The molecule has 1 fully saturated rings. The van der Waals surface area contributed by atoms with Crippen molar-refractivity contribution in [3.05, 3.63) is 52.3 Å². The number of hydrogen-bond acceptors (Lipinski definition) is 3. The SMILES string of the molecule is Cc1ccc(CC(=O)N2CCc3c(CN4CCCC4)nn(C)c3C2)cc1. The summed E-state index contributed by atoms with van der Waals surface area (Å²) in [5.41, 5.74) is 6.12. The molecule has 26 heavy (non-hydrogen) atoms. The fraction of sp³-hybridized carbons (Fsp3) is 0.524. The van der Waals surface area contributed by atoms with E-state index in [1.807, 2.05) is 16.6 Å². The summed E-state index contributed by atoms with van der Waals surface area (Å²) >= 11 is 0. The minimum absolute atomic E-state index is 0.210. The number of fused-ring (bicyclic) bond motifs is 1. The number of carbonyl (C=O) groups is 1. The molecule has 0 saturated carbocycles. The van der Waals surface area contributed by atoms with E-state index in [9.17, 15) is 4.79 Å². The first-order valence-electron chi connectivity index (χ1n) is 9.69. The zero-order valence-corrected chi connectivity index (χ0v) is 15.9. The van der Waals surface area contributed by atoms with Crippen molar-refractivity contribution in [2.24, 2.45) is 7.05 Å². The van der Waals surface area contributed by atoms with Gasteiger partial charge in [-0.3, -0.25) is 14.4 Å². The van der Waals surface area contributed by atoms with Gasteiger partial charge in [0.2, 0.25) is 5.91 Å². The van der Waals surface area contributed by atoms with Crippen molar-refractivity contribution in [2.45, 2.75) is 45.7 Å². The normalized spacial score (nSPS) is 17.5. The van der Waals surface area contributed by atoms with E-state index in [0.717, 1.165) is 25.1 Å². The Kier molecular flexibility index (Phi) is 4.81. The summed E-state index contributed by atoms with van der Waals surface area (Å²) < 4.78 is 1.99. The summed E-state index contributed by atoms with van der Waals surface area (Å²) in [5.74, 6) is 0.210. The van der Waals surface area contributed by atoms with Crippen LogP contribution in [0.3, 0.4) is 0 Å². The van der Waals surface area contributed by atoms with E-state index in [-0.39, 0.29) is 5.91 Å². The molecule has 0 spiro atoms. The lowest BCUT2D eigenvalue weighted by Gasteiger charge is -2.28. The van der Waals surface area contributed by atoms with Gasteiger partial charge in [-0.05, 0) is 44.8 Å². The van der Waals surface area contributed by atoms with Gasteiger partial charge in [0.05, 0.1) is 24.4 Å². The van der Waals surface area contributed by atoms with Gasteiger partial charge >= 0.3 is 0 Å². The van der Waals surface area contributed by atoms with Crippen LogP contribution in [0.2, 0.25) is 0 Å². The van der Waals surface area contributed by atoms with Crippen LogP contribution in [0.5, 0.6) is 0 Å². The Labute approximate surface area is 155 Å². The molecule has 0 unspecified atom stereocenters. The Morgan fingerprint density at radius 3 is 2.58 bits per heavy atom. The van der Waals surface area contributed by atoms with Crippen molar-refractivity contribution in [3.8, 4) is 0 Å². The molecule has 2 aromatic rings. The van der Waals surface area contributed by atoms with Gasteiger partial charge in [-0.2, -0.15) is 5.10 Å². The zero-order valence-electron chi connectivity index (χ0n) is 15.9. The van der Waals surface area contributed by atoms with Crippen LogP contribution in [-0.4, -0.2) is 45.1 Å². The first kappa shape index (κ1) is 17.3. The van der Waals surface area contributed by atoms with E-state index in [2.05, 4.69) is 36.1 Å². The number of amides is 1. The Morgan fingerprint density at radius 1 is 1.12 bits per heavy atom. The van der Waals surface area contributed by atoms with Crippen LogP contribution in [-0.2, 0) is 37.8 Å². The molecule has 1 amide bonds. The third-order valence-corrected chi connectivity index (χ3v) is 5.73. The predicted molar refractivity (Wildman–Crippen MR) is 102 cm³/mol. The molecule has 5 heteroatoms. The number of aryl methyl sites for hydroxylation is 2. The quantitative estimate of drug-likeness (QED) is 0.849. The number of benzene rings is 1. The highest BCUT2D eigenvalue weighted by atomic mass is 16.2. The second-order valence-corrected chi connectivity index (χ2v) is 7.71. The maximum atomic E-state index is 12.7. The van der Waals surface area contributed by atoms with E-state index >= 15 is 0 Å². The van der Waals surface area contributed by atoms with Crippen molar-refractivity contribution in [1.82, 2.24) is 19.6 Å². The lowest BCUT2D eigenvalue weighted by Crippen LogP contribution is -2.37. The molecule has 0 N–H and O–H groups in total. The van der Waals surface area contributed by atoms with Gasteiger partial charge < -0.3 is 4.90 Å². The Hall–Kier alpha value is -2.14. The number of carbonyl (C=O) groups excluding carboxylic acids is 1. The molecule has 1 aromatic carbocycles. The van der Waals surface area contributed by atoms with Crippen LogP contribution in [0.15, 0.2) is 24.3 Å². The summed E-state index contributed by atoms with van der Waals surface area (Å²) in [6.45, 7) is 6.89. The summed E-state index contributed by atoms with van der Waals surface area (Å²) in [4.78, 5) is 17.2. The maximum Gasteiger partial charge on any atom is 0.227 e. The number of aromatic nitrogens is 2. The fourth-order valence-corrected chi connectivity index (χ4v) is 4.14. The minimum Gasteiger partial charge on any atom is -0.336 e. The number of nitrogens with zero attached hydrogens (tertiary/aromatic N) is 4.